The van der Waals surface area contributed by atoms with Crippen LogP contribution in [0.1, 0.15) is 11.4 Å². The normalized spacial score (nSPS) is 12.0. The molecule has 0 amide bonds. The first-order valence-electron chi connectivity index (χ1n) is 6.16. The van der Waals surface area contributed by atoms with Crippen LogP contribution in [0.25, 0.3) is 5.65 Å². The number of hydrogen-bond donors (Lipinski definition) is 1. The van der Waals surface area contributed by atoms with Gasteiger partial charge in [0.15, 0.2) is 10.9 Å². The molecule has 3 heterocycles. The molecule has 0 radical (unpaired) electrons. The summed E-state index contributed by atoms with van der Waals surface area (Å²) < 4.78 is 39.6. The van der Waals surface area contributed by atoms with Crippen LogP contribution in [0.15, 0.2) is 46.6 Å². The van der Waals surface area contributed by atoms with Gasteiger partial charge in [-0.2, -0.15) is 13.2 Å². The third-order valence-electron chi connectivity index (χ3n) is 2.78. The number of fused-ring (bicyclic) bond motifs is 1. The van der Waals surface area contributed by atoms with Gasteiger partial charge in [0, 0.05) is 24.2 Å². The van der Waals surface area contributed by atoms with Crippen LogP contribution in [0.3, 0.4) is 0 Å². The van der Waals surface area contributed by atoms with Crippen molar-refractivity contribution in [1.82, 2.24) is 19.4 Å². The second kappa shape index (κ2) is 5.48. The van der Waals surface area contributed by atoms with Crippen molar-refractivity contribution in [3.05, 3.63) is 58.4 Å². The van der Waals surface area contributed by atoms with Crippen molar-refractivity contribution in [2.45, 2.75) is 17.1 Å². The summed E-state index contributed by atoms with van der Waals surface area (Å²) in [6.45, 7) is 0. The Hall–Kier alpha value is -2.29. The summed E-state index contributed by atoms with van der Waals surface area (Å²) in [6.07, 6.45) is -1.05. The van der Waals surface area contributed by atoms with E-state index in [4.69, 9.17) is 0 Å². The highest BCUT2D eigenvalue weighted by molar-refractivity contribution is 7.98. The van der Waals surface area contributed by atoms with E-state index in [9.17, 15) is 18.0 Å². The van der Waals surface area contributed by atoms with Gasteiger partial charge in [0.1, 0.15) is 5.65 Å². The van der Waals surface area contributed by atoms with E-state index in [1.807, 2.05) is 24.4 Å². The van der Waals surface area contributed by atoms with Gasteiger partial charge in [-0.1, -0.05) is 17.8 Å². The molecule has 114 valence electrons. The van der Waals surface area contributed by atoms with Crippen molar-refractivity contribution in [1.29, 1.82) is 0 Å². The molecule has 5 nitrogen and oxygen atoms in total. The van der Waals surface area contributed by atoms with Crippen LogP contribution >= 0.6 is 11.8 Å². The Morgan fingerprint density at radius 3 is 2.82 bits per heavy atom. The Kier molecular flexibility index (Phi) is 3.65. The van der Waals surface area contributed by atoms with E-state index in [0.717, 1.165) is 17.4 Å². The number of thioether (sulfide) groups is 1. The molecule has 22 heavy (non-hydrogen) atoms. The molecule has 0 aliphatic carbocycles. The van der Waals surface area contributed by atoms with Crippen LogP contribution in [0.5, 0.6) is 0 Å². The van der Waals surface area contributed by atoms with Gasteiger partial charge in [0.2, 0.25) is 0 Å². The quantitative estimate of drug-likeness (QED) is 0.594. The van der Waals surface area contributed by atoms with Crippen LogP contribution < -0.4 is 5.56 Å². The number of H-pyrrole nitrogens is 1. The lowest BCUT2D eigenvalue weighted by atomic mass is 10.4. The number of imidazole rings is 1. The number of nitrogens with one attached hydrogen (secondary N) is 1. The van der Waals surface area contributed by atoms with E-state index >= 15 is 0 Å². The molecule has 0 unspecified atom stereocenters. The third kappa shape index (κ3) is 3.14. The molecule has 0 aliphatic rings. The summed E-state index contributed by atoms with van der Waals surface area (Å²) in [4.78, 5) is 21.3. The van der Waals surface area contributed by atoms with Gasteiger partial charge in [0.05, 0.1) is 5.69 Å². The van der Waals surface area contributed by atoms with Crippen molar-refractivity contribution in [2.75, 3.05) is 0 Å². The molecule has 0 spiro atoms. The molecule has 3 aromatic rings. The highest BCUT2D eigenvalue weighted by atomic mass is 32.2. The van der Waals surface area contributed by atoms with Gasteiger partial charge in [-0.05, 0) is 12.1 Å². The number of aromatic nitrogens is 4. The fourth-order valence-corrected chi connectivity index (χ4v) is 2.61. The Labute approximate surface area is 126 Å². The van der Waals surface area contributed by atoms with Gasteiger partial charge in [-0.3, -0.25) is 4.79 Å². The summed E-state index contributed by atoms with van der Waals surface area (Å²) in [5.41, 5.74) is -0.617. The largest absolute Gasteiger partial charge is 0.433 e. The zero-order valence-corrected chi connectivity index (χ0v) is 11.8. The van der Waals surface area contributed by atoms with E-state index in [1.54, 1.807) is 10.6 Å². The molecule has 1 N–H and O–H groups in total. The summed E-state index contributed by atoms with van der Waals surface area (Å²) >= 11 is 0.991. The van der Waals surface area contributed by atoms with Crippen LogP contribution in [0.2, 0.25) is 0 Å². The molecule has 9 heteroatoms. The Balaban J connectivity index is 1.81. The molecule has 0 aliphatic heterocycles. The maximum Gasteiger partial charge on any atom is 0.433 e. The maximum absolute atomic E-state index is 12.6. The minimum atomic E-state index is -4.65. The summed E-state index contributed by atoms with van der Waals surface area (Å²) in [5, 5.41) is -0.0862. The second-order valence-corrected chi connectivity index (χ2v) is 5.38. The van der Waals surface area contributed by atoms with E-state index in [1.165, 1.54) is 0 Å². The standard InChI is InChI=1S/C13H9F3N4OS/c14-13(15,16)9-5-11(21)19-12(18-9)22-7-8-6-20-4-2-1-3-10(20)17-8/h1-6H,7H2,(H,18,19,21). The summed E-state index contributed by atoms with van der Waals surface area (Å²) in [6, 6.07) is 5.94. The smallest absolute Gasteiger partial charge is 0.307 e. The first-order chi connectivity index (χ1) is 10.4. The number of nitrogens with zero attached hydrogens (tertiary/aromatic N) is 3. The lowest BCUT2D eigenvalue weighted by Gasteiger charge is -2.06. The third-order valence-corrected chi connectivity index (χ3v) is 3.69. The molecule has 0 bridgehead atoms. The molecule has 0 saturated heterocycles. The monoisotopic (exact) mass is 326 g/mol. The van der Waals surface area contributed by atoms with Gasteiger partial charge in [-0.25, -0.2) is 9.97 Å². The van der Waals surface area contributed by atoms with Crippen molar-refractivity contribution < 1.29 is 13.2 Å². The maximum atomic E-state index is 12.6. The average Bonchev–Trinajstić information content (AvgIpc) is 2.86. The predicted molar refractivity (Wildman–Crippen MR) is 74.6 cm³/mol. The molecular formula is C13H9F3N4OS. The second-order valence-electron chi connectivity index (χ2n) is 4.42. The van der Waals surface area contributed by atoms with E-state index in [2.05, 4.69) is 15.0 Å². The zero-order valence-electron chi connectivity index (χ0n) is 11.0. The molecule has 0 aromatic carbocycles. The fourth-order valence-electron chi connectivity index (χ4n) is 1.85. The highest BCUT2D eigenvalue weighted by Gasteiger charge is 2.33. The van der Waals surface area contributed by atoms with E-state index in [-0.39, 0.29) is 5.16 Å². The van der Waals surface area contributed by atoms with Crippen molar-refractivity contribution in [3.8, 4) is 0 Å². The average molecular weight is 326 g/mol. The zero-order chi connectivity index (χ0) is 15.7. The number of alkyl halides is 3. The highest BCUT2D eigenvalue weighted by Crippen LogP contribution is 2.28. The van der Waals surface area contributed by atoms with Crippen LogP contribution in [0, 0.1) is 0 Å². The summed E-state index contributed by atoms with van der Waals surface area (Å²) in [7, 11) is 0. The molecule has 0 fully saturated rings. The van der Waals surface area contributed by atoms with Gasteiger partial charge in [0.25, 0.3) is 5.56 Å². The van der Waals surface area contributed by atoms with Crippen molar-refractivity contribution in [2.24, 2.45) is 0 Å². The van der Waals surface area contributed by atoms with Crippen molar-refractivity contribution >= 4 is 17.4 Å². The van der Waals surface area contributed by atoms with E-state index < -0.39 is 17.4 Å². The Morgan fingerprint density at radius 1 is 1.27 bits per heavy atom. The van der Waals surface area contributed by atoms with Crippen molar-refractivity contribution in [3.63, 3.8) is 0 Å². The first kappa shape index (κ1) is 14.6. The van der Waals surface area contributed by atoms with E-state index in [0.29, 0.717) is 17.5 Å². The molecule has 3 rings (SSSR count). The van der Waals surface area contributed by atoms with Crippen LogP contribution in [-0.2, 0) is 11.9 Å². The number of pyridine rings is 1. The van der Waals surface area contributed by atoms with Gasteiger partial charge < -0.3 is 9.38 Å². The molecular weight excluding hydrogens is 317 g/mol. The Morgan fingerprint density at radius 2 is 2.09 bits per heavy atom. The minimum Gasteiger partial charge on any atom is -0.307 e. The topological polar surface area (TPSA) is 63.1 Å². The van der Waals surface area contributed by atoms with Gasteiger partial charge in [-0.15, -0.1) is 0 Å². The lowest BCUT2D eigenvalue weighted by Crippen LogP contribution is -2.16. The number of halogens is 3. The molecule has 0 atom stereocenters. The lowest BCUT2D eigenvalue weighted by molar-refractivity contribution is -0.141. The first-order valence-corrected chi connectivity index (χ1v) is 7.14. The Bertz CT molecular complexity index is 838. The predicted octanol–water partition coefficient (Wildman–Crippen LogP) is 2.73. The fraction of sp³-hybridized carbons (Fsp3) is 0.154. The number of hydrogen-bond acceptors (Lipinski definition) is 4. The minimum absolute atomic E-state index is 0.0862. The number of rotatable bonds is 3. The SMILES string of the molecule is O=c1cc(C(F)(F)F)nc(SCc2cn3ccccc3n2)[nH]1. The number of aromatic amines is 1. The molecule has 3 aromatic heterocycles. The van der Waals surface area contributed by atoms with Crippen LogP contribution in [-0.4, -0.2) is 19.4 Å². The van der Waals surface area contributed by atoms with Gasteiger partial charge >= 0.3 is 6.18 Å². The van der Waals surface area contributed by atoms with Crippen LogP contribution in [0.4, 0.5) is 13.2 Å². The molecule has 0 saturated carbocycles. The summed E-state index contributed by atoms with van der Waals surface area (Å²) in [5.74, 6) is 0.298.